The second kappa shape index (κ2) is 15.7. The van der Waals surface area contributed by atoms with Crippen molar-refractivity contribution in [2.75, 3.05) is 14.7 Å². The first-order chi connectivity index (χ1) is 31.8. The van der Waals surface area contributed by atoms with Crippen molar-refractivity contribution in [1.29, 1.82) is 0 Å². The molecule has 64 heavy (non-hydrogen) atoms. The van der Waals surface area contributed by atoms with Gasteiger partial charge in [0.05, 0.1) is 5.69 Å². The van der Waals surface area contributed by atoms with Gasteiger partial charge in [0.25, 0.3) is 0 Å². The summed E-state index contributed by atoms with van der Waals surface area (Å²) >= 11 is 0. The molecule has 0 N–H and O–H groups in total. The molecule has 0 fully saturated rings. The number of para-hydroxylation sites is 4. The van der Waals surface area contributed by atoms with E-state index in [9.17, 15) is 0 Å². The van der Waals surface area contributed by atoms with Gasteiger partial charge in [-0.3, -0.25) is 0 Å². The molecule has 0 bridgehead atoms. The molecule has 0 unspecified atom stereocenters. The van der Waals surface area contributed by atoms with Crippen LogP contribution in [0.1, 0.15) is 0 Å². The fourth-order valence-corrected chi connectivity index (χ4v) is 9.53. The number of hydrogen-bond donors (Lipinski definition) is 0. The molecule has 0 amide bonds. The van der Waals surface area contributed by atoms with Gasteiger partial charge in [0, 0.05) is 67.0 Å². The molecule has 1 aromatic heterocycles. The number of fused-ring (bicyclic) bond motifs is 9. The maximum absolute atomic E-state index is 6.68. The van der Waals surface area contributed by atoms with Gasteiger partial charge in [-0.25, -0.2) is 0 Å². The minimum atomic E-state index is 0.889. The van der Waals surface area contributed by atoms with Gasteiger partial charge in [-0.15, -0.1) is 0 Å². The van der Waals surface area contributed by atoms with E-state index in [0.717, 1.165) is 83.9 Å². The van der Waals surface area contributed by atoms with Crippen molar-refractivity contribution >= 4 is 105 Å². The Morgan fingerprint density at radius 1 is 0.250 bits per heavy atom. The lowest BCUT2D eigenvalue weighted by Crippen LogP contribution is -2.14. The minimum absolute atomic E-state index is 0.889. The van der Waals surface area contributed by atoms with Gasteiger partial charge in [0.1, 0.15) is 11.2 Å². The average Bonchev–Trinajstić information content (AvgIpc) is 3.76. The highest BCUT2D eigenvalue weighted by Crippen LogP contribution is 2.47. The molecule has 4 heteroatoms. The third-order valence-corrected chi connectivity index (χ3v) is 12.3. The summed E-state index contributed by atoms with van der Waals surface area (Å²) in [4.78, 5) is 7.09. The molecule has 0 atom stereocenters. The van der Waals surface area contributed by atoms with E-state index in [1.165, 1.54) is 21.5 Å². The lowest BCUT2D eigenvalue weighted by Gasteiger charge is -2.31. The van der Waals surface area contributed by atoms with Gasteiger partial charge in [-0.2, -0.15) is 0 Å². The fourth-order valence-electron chi connectivity index (χ4n) is 9.53. The average molecular weight is 820 g/mol. The molecule has 0 aliphatic heterocycles. The van der Waals surface area contributed by atoms with E-state index < -0.39 is 0 Å². The van der Waals surface area contributed by atoms with Crippen LogP contribution < -0.4 is 14.7 Å². The van der Waals surface area contributed by atoms with Crippen molar-refractivity contribution in [3.63, 3.8) is 0 Å². The molecule has 12 aromatic rings. The minimum Gasteiger partial charge on any atom is -0.455 e. The molecule has 0 aliphatic rings. The van der Waals surface area contributed by atoms with Crippen LogP contribution >= 0.6 is 0 Å². The van der Waals surface area contributed by atoms with Crippen LogP contribution in [0.3, 0.4) is 0 Å². The van der Waals surface area contributed by atoms with Crippen molar-refractivity contribution in [3.05, 3.63) is 249 Å². The van der Waals surface area contributed by atoms with E-state index >= 15 is 0 Å². The first-order valence-corrected chi connectivity index (χ1v) is 21.8. The zero-order valence-electron chi connectivity index (χ0n) is 34.9. The van der Waals surface area contributed by atoms with Gasteiger partial charge >= 0.3 is 0 Å². The molecule has 0 saturated carbocycles. The summed E-state index contributed by atoms with van der Waals surface area (Å²) in [5, 5.41) is 9.24. The van der Waals surface area contributed by atoms with Crippen LogP contribution in [0.15, 0.2) is 253 Å². The predicted octanol–water partition coefficient (Wildman–Crippen LogP) is 17.5. The van der Waals surface area contributed by atoms with Crippen molar-refractivity contribution in [2.24, 2.45) is 0 Å². The molecular formula is C60H41N3O. The van der Waals surface area contributed by atoms with Gasteiger partial charge in [-0.05, 0) is 119 Å². The van der Waals surface area contributed by atoms with E-state index in [4.69, 9.17) is 4.42 Å². The van der Waals surface area contributed by atoms with Crippen LogP contribution in [0.5, 0.6) is 0 Å². The molecule has 0 aliphatic carbocycles. The zero-order chi connectivity index (χ0) is 42.4. The Labute approximate surface area is 371 Å². The van der Waals surface area contributed by atoms with Gasteiger partial charge in [-0.1, -0.05) is 152 Å². The standard InChI is InChI=1S/C60H41N3O/c1-4-21-43(22-5-1)61(44-23-6-2-7-24-44)46-27-17-28-47(39-46)62(45-25-8-3-9-26-45)48-29-18-30-49(40-48)63(57-35-16-20-42-19-10-11-31-51(42)57)50-37-38-53-52-32-12-13-33-54(52)60-59(56(53)41-50)55-34-14-15-36-58(55)64-60/h1-41H. The van der Waals surface area contributed by atoms with Crippen molar-refractivity contribution in [2.45, 2.75) is 0 Å². The van der Waals surface area contributed by atoms with E-state index in [0.29, 0.717) is 0 Å². The highest BCUT2D eigenvalue weighted by Gasteiger charge is 2.22. The van der Waals surface area contributed by atoms with Gasteiger partial charge in [0.15, 0.2) is 0 Å². The molecule has 11 aromatic carbocycles. The highest BCUT2D eigenvalue weighted by atomic mass is 16.3. The van der Waals surface area contributed by atoms with E-state index in [-0.39, 0.29) is 0 Å². The zero-order valence-corrected chi connectivity index (χ0v) is 34.9. The quantitative estimate of drug-likeness (QED) is 0.135. The fraction of sp³-hybridized carbons (Fsp3) is 0. The van der Waals surface area contributed by atoms with Crippen molar-refractivity contribution < 1.29 is 4.42 Å². The number of furan rings is 1. The Balaban J connectivity index is 1.07. The normalized spacial score (nSPS) is 11.4. The summed E-state index contributed by atoms with van der Waals surface area (Å²) in [7, 11) is 0. The Morgan fingerprint density at radius 3 is 1.30 bits per heavy atom. The molecule has 0 radical (unpaired) electrons. The summed E-state index contributed by atoms with van der Waals surface area (Å²) in [5.41, 5.74) is 11.4. The molecule has 0 saturated heterocycles. The smallest absolute Gasteiger partial charge is 0.143 e. The molecule has 4 nitrogen and oxygen atoms in total. The van der Waals surface area contributed by atoms with Gasteiger partial charge in [0.2, 0.25) is 0 Å². The van der Waals surface area contributed by atoms with Crippen molar-refractivity contribution in [1.82, 2.24) is 0 Å². The highest BCUT2D eigenvalue weighted by molar-refractivity contribution is 6.30. The van der Waals surface area contributed by atoms with Crippen LogP contribution in [0.25, 0.3) is 54.3 Å². The number of benzene rings is 11. The Kier molecular flexibility index (Phi) is 9.12. The van der Waals surface area contributed by atoms with Gasteiger partial charge < -0.3 is 19.1 Å². The topological polar surface area (TPSA) is 22.9 Å². The lowest BCUT2D eigenvalue weighted by atomic mass is 9.96. The molecular weight excluding hydrogens is 779 g/mol. The van der Waals surface area contributed by atoms with E-state index in [1.54, 1.807) is 0 Å². The Morgan fingerprint density at radius 2 is 0.672 bits per heavy atom. The third-order valence-electron chi connectivity index (χ3n) is 12.3. The SMILES string of the molecule is c1ccc(N(c2ccccc2)c2cccc(N(c3ccccc3)c3cccc(N(c4ccc5c6ccccc6c6oc7ccccc7c6c5c4)c4cccc5ccccc45)c3)c2)cc1. The van der Waals surface area contributed by atoms with Crippen LogP contribution in [0, 0.1) is 0 Å². The second-order valence-electron chi connectivity index (χ2n) is 16.1. The Hall–Kier alpha value is -8.60. The maximum atomic E-state index is 6.68. The summed E-state index contributed by atoms with van der Waals surface area (Å²) in [6.07, 6.45) is 0. The van der Waals surface area contributed by atoms with Crippen LogP contribution in [0.2, 0.25) is 0 Å². The summed E-state index contributed by atoms with van der Waals surface area (Å²) < 4.78 is 6.68. The summed E-state index contributed by atoms with van der Waals surface area (Å²) in [6.45, 7) is 0. The molecule has 12 rings (SSSR count). The molecule has 302 valence electrons. The van der Waals surface area contributed by atoms with E-state index in [1.807, 2.05) is 6.07 Å². The van der Waals surface area contributed by atoms with Crippen LogP contribution in [0.4, 0.5) is 51.2 Å². The van der Waals surface area contributed by atoms with Crippen LogP contribution in [-0.2, 0) is 0 Å². The first-order valence-electron chi connectivity index (χ1n) is 21.8. The Bertz CT molecular complexity index is 3590. The summed E-state index contributed by atoms with van der Waals surface area (Å²) in [5.74, 6) is 0. The number of nitrogens with zero attached hydrogens (tertiary/aromatic N) is 3. The lowest BCUT2D eigenvalue weighted by molar-refractivity contribution is 0.673. The second-order valence-corrected chi connectivity index (χ2v) is 16.1. The number of anilines is 9. The van der Waals surface area contributed by atoms with Crippen molar-refractivity contribution in [3.8, 4) is 0 Å². The number of rotatable bonds is 9. The molecule has 1 heterocycles. The monoisotopic (exact) mass is 819 g/mol. The third kappa shape index (κ3) is 6.40. The maximum Gasteiger partial charge on any atom is 0.143 e. The summed E-state index contributed by atoms with van der Waals surface area (Å²) in [6, 6.07) is 88.8. The van der Waals surface area contributed by atoms with Crippen LogP contribution in [-0.4, -0.2) is 0 Å². The number of hydrogen-bond acceptors (Lipinski definition) is 4. The predicted molar refractivity (Wildman–Crippen MR) is 270 cm³/mol. The van der Waals surface area contributed by atoms with E-state index in [2.05, 4.69) is 257 Å². The first kappa shape index (κ1) is 37.2. The largest absolute Gasteiger partial charge is 0.455 e. The molecule has 0 spiro atoms.